The van der Waals surface area contributed by atoms with Gasteiger partial charge in [0.15, 0.2) is 0 Å². The largest absolute Gasteiger partial charge is 0.225 e. The maximum absolute atomic E-state index is 6.26. The average Bonchev–Trinajstić information content (AvgIpc) is 2.33. The molecule has 0 aliphatic heterocycles. The zero-order chi connectivity index (χ0) is 14.9. The van der Waals surface area contributed by atoms with Crippen LogP contribution in [0.25, 0.3) is 0 Å². The van der Waals surface area contributed by atoms with Crippen LogP contribution in [0.15, 0.2) is 34.2 Å². The lowest BCUT2D eigenvalue weighted by molar-refractivity contribution is 0.537. The minimum atomic E-state index is -0.112. The van der Waals surface area contributed by atoms with Crippen LogP contribution in [0.1, 0.15) is 37.7 Å². The van der Waals surface area contributed by atoms with Gasteiger partial charge in [-0.25, -0.2) is 9.97 Å². The van der Waals surface area contributed by atoms with E-state index in [4.69, 9.17) is 16.6 Å². The summed E-state index contributed by atoms with van der Waals surface area (Å²) < 4.78 is 0. The van der Waals surface area contributed by atoms with Crippen LogP contribution in [0.2, 0.25) is 5.15 Å². The van der Waals surface area contributed by atoms with Crippen LogP contribution in [0.5, 0.6) is 0 Å². The molecule has 0 aliphatic carbocycles. The third kappa shape index (κ3) is 3.53. The Labute approximate surface area is 130 Å². The molecule has 2 aromatic rings. The number of hydrogen-bond acceptors (Lipinski definition) is 3. The highest BCUT2D eigenvalue weighted by atomic mass is 35.5. The van der Waals surface area contributed by atoms with Crippen LogP contribution >= 0.6 is 23.4 Å². The SMILES string of the molecule is Cc1cccc(Sc2nc(C(C)(C)C)nc(Cl)c2C)c1. The molecule has 1 heterocycles. The summed E-state index contributed by atoms with van der Waals surface area (Å²) in [6.07, 6.45) is 0. The zero-order valence-electron chi connectivity index (χ0n) is 12.5. The zero-order valence-corrected chi connectivity index (χ0v) is 14.1. The molecule has 0 atom stereocenters. The van der Waals surface area contributed by atoms with E-state index in [0.717, 1.165) is 16.4 Å². The molecule has 0 amide bonds. The summed E-state index contributed by atoms with van der Waals surface area (Å²) in [5.74, 6) is 0.781. The van der Waals surface area contributed by atoms with E-state index in [2.05, 4.69) is 56.9 Å². The van der Waals surface area contributed by atoms with Crippen LogP contribution in [0, 0.1) is 13.8 Å². The summed E-state index contributed by atoms with van der Waals surface area (Å²) in [6.45, 7) is 10.3. The average molecular weight is 307 g/mol. The van der Waals surface area contributed by atoms with E-state index < -0.39 is 0 Å². The predicted molar refractivity (Wildman–Crippen MR) is 85.8 cm³/mol. The number of nitrogens with zero attached hydrogens (tertiary/aromatic N) is 2. The van der Waals surface area contributed by atoms with E-state index in [0.29, 0.717) is 5.15 Å². The lowest BCUT2D eigenvalue weighted by Crippen LogP contribution is -2.17. The second-order valence-electron chi connectivity index (χ2n) is 5.94. The van der Waals surface area contributed by atoms with Crippen molar-refractivity contribution in [2.75, 3.05) is 0 Å². The van der Waals surface area contributed by atoms with Gasteiger partial charge in [0.1, 0.15) is 16.0 Å². The Kier molecular flexibility index (Phi) is 4.40. The van der Waals surface area contributed by atoms with Gasteiger partial charge in [-0.1, -0.05) is 61.8 Å². The molecule has 2 rings (SSSR count). The molecule has 0 fully saturated rings. The molecular formula is C16H19ClN2S. The molecule has 0 aliphatic rings. The summed E-state index contributed by atoms with van der Waals surface area (Å²) in [5, 5.41) is 1.47. The highest BCUT2D eigenvalue weighted by Gasteiger charge is 2.21. The molecule has 0 N–H and O–H groups in total. The van der Waals surface area contributed by atoms with Gasteiger partial charge in [0.05, 0.1) is 0 Å². The Morgan fingerprint density at radius 2 is 1.80 bits per heavy atom. The highest BCUT2D eigenvalue weighted by Crippen LogP contribution is 2.33. The number of benzene rings is 1. The van der Waals surface area contributed by atoms with Crippen molar-refractivity contribution in [2.24, 2.45) is 0 Å². The van der Waals surface area contributed by atoms with Crippen LogP contribution in [-0.4, -0.2) is 9.97 Å². The molecule has 0 saturated heterocycles. The summed E-state index contributed by atoms with van der Waals surface area (Å²) >= 11 is 7.90. The highest BCUT2D eigenvalue weighted by molar-refractivity contribution is 7.99. The van der Waals surface area contributed by atoms with E-state index >= 15 is 0 Å². The van der Waals surface area contributed by atoms with Crippen molar-refractivity contribution >= 4 is 23.4 Å². The molecule has 0 bridgehead atoms. The van der Waals surface area contributed by atoms with Crippen molar-refractivity contribution in [3.8, 4) is 0 Å². The van der Waals surface area contributed by atoms with Crippen molar-refractivity contribution in [3.05, 3.63) is 46.4 Å². The first kappa shape index (κ1) is 15.3. The summed E-state index contributed by atoms with van der Waals surface area (Å²) in [4.78, 5) is 10.3. The van der Waals surface area contributed by atoms with Gasteiger partial charge in [0, 0.05) is 15.9 Å². The fraction of sp³-hybridized carbons (Fsp3) is 0.375. The second-order valence-corrected chi connectivity index (χ2v) is 7.36. The van der Waals surface area contributed by atoms with Gasteiger partial charge < -0.3 is 0 Å². The number of hydrogen-bond donors (Lipinski definition) is 0. The minimum absolute atomic E-state index is 0.112. The van der Waals surface area contributed by atoms with Gasteiger partial charge in [0.25, 0.3) is 0 Å². The molecule has 20 heavy (non-hydrogen) atoms. The van der Waals surface area contributed by atoms with E-state index in [1.54, 1.807) is 11.8 Å². The van der Waals surface area contributed by atoms with E-state index in [9.17, 15) is 0 Å². The number of aryl methyl sites for hydroxylation is 1. The van der Waals surface area contributed by atoms with E-state index in [1.165, 1.54) is 10.5 Å². The van der Waals surface area contributed by atoms with Gasteiger partial charge in [-0.05, 0) is 26.0 Å². The summed E-state index contributed by atoms with van der Waals surface area (Å²) in [5.41, 5.74) is 2.06. The Morgan fingerprint density at radius 3 is 2.40 bits per heavy atom. The minimum Gasteiger partial charge on any atom is -0.225 e. The quantitative estimate of drug-likeness (QED) is 0.714. The molecule has 106 valence electrons. The normalized spacial score (nSPS) is 11.7. The van der Waals surface area contributed by atoms with Gasteiger partial charge in [0.2, 0.25) is 0 Å². The van der Waals surface area contributed by atoms with Crippen LogP contribution in [0.4, 0.5) is 0 Å². The van der Waals surface area contributed by atoms with Crippen molar-refractivity contribution in [3.63, 3.8) is 0 Å². The van der Waals surface area contributed by atoms with Gasteiger partial charge in [-0.2, -0.15) is 0 Å². The smallest absolute Gasteiger partial charge is 0.136 e. The molecule has 0 saturated carbocycles. The Hall–Kier alpha value is -1.06. The summed E-state index contributed by atoms with van der Waals surface area (Å²) in [6, 6.07) is 8.38. The van der Waals surface area contributed by atoms with Crippen molar-refractivity contribution in [1.82, 2.24) is 9.97 Å². The van der Waals surface area contributed by atoms with Crippen LogP contribution in [-0.2, 0) is 5.41 Å². The molecular weight excluding hydrogens is 288 g/mol. The Bertz CT molecular complexity index is 633. The molecule has 0 radical (unpaired) electrons. The number of aromatic nitrogens is 2. The fourth-order valence-electron chi connectivity index (χ4n) is 1.70. The van der Waals surface area contributed by atoms with E-state index in [-0.39, 0.29) is 5.41 Å². The number of rotatable bonds is 2. The first-order valence-corrected chi connectivity index (χ1v) is 7.76. The molecule has 0 unspecified atom stereocenters. The molecule has 1 aromatic heterocycles. The standard InChI is InChI=1S/C16H19ClN2S/c1-10-7-6-8-12(9-10)20-14-11(2)13(17)18-15(19-14)16(3,4)5/h6-9H,1-5H3. The second kappa shape index (κ2) is 5.74. The van der Waals surface area contributed by atoms with Crippen LogP contribution in [0.3, 0.4) is 0 Å². The lowest BCUT2D eigenvalue weighted by Gasteiger charge is -2.18. The maximum Gasteiger partial charge on any atom is 0.136 e. The first-order chi connectivity index (χ1) is 9.27. The number of halogens is 1. The molecule has 4 heteroatoms. The Morgan fingerprint density at radius 1 is 1.10 bits per heavy atom. The fourth-order valence-corrected chi connectivity index (χ4v) is 2.92. The maximum atomic E-state index is 6.26. The molecule has 0 spiro atoms. The third-order valence-electron chi connectivity index (χ3n) is 2.92. The van der Waals surface area contributed by atoms with Crippen LogP contribution < -0.4 is 0 Å². The third-order valence-corrected chi connectivity index (χ3v) is 4.37. The van der Waals surface area contributed by atoms with E-state index in [1.807, 2.05) is 6.92 Å². The predicted octanol–water partition coefficient (Wildman–Crippen LogP) is 5.20. The summed E-state index contributed by atoms with van der Waals surface area (Å²) in [7, 11) is 0. The Balaban J connectivity index is 2.43. The van der Waals surface area contributed by atoms with Crippen molar-refractivity contribution in [1.29, 1.82) is 0 Å². The van der Waals surface area contributed by atoms with Gasteiger partial charge >= 0.3 is 0 Å². The lowest BCUT2D eigenvalue weighted by atomic mass is 9.96. The molecule has 2 nitrogen and oxygen atoms in total. The van der Waals surface area contributed by atoms with Crippen molar-refractivity contribution in [2.45, 2.75) is 50.0 Å². The van der Waals surface area contributed by atoms with Gasteiger partial charge in [-0.3, -0.25) is 0 Å². The molecule has 1 aromatic carbocycles. The first-order valence-electron chi connectivity index (χ1n) is 6.56. The van der Waals surface area contributed by atoms with Gasteiger partial charge in [-0.15, -0.1) is 0 Å². The van der Waals surface area contributed by atoms with Crippen molar-refractivity contribution < 1.29 is 0 Å². The monoisotopic (exact) mass is 306 g/mol. The topological polar surface area (TPSA) is 25.8 Å².